The number of unbranched alkanes of at least 4 members (excludes halogenated alkanes) is 20. The van der Waals surface area contributed by atoms with Crippen molar-refractivity contribution in [3.63, 3.8) is 0 Å². The molecular formula is C51H97N3O7S. The molecule has 0 aliphatic rings. The molecule has 0 atom stereocenters. The van der Waals surface area contributed by atoms with E-state index in [-0.39, 0.29) is 23.8 Å². The van der Waals surface area contributed by atoms with Crippen molar-refractivity contribution in [3.05, 3.63) is 18.0 Å². The predicted molar refractivity (Wildman–Crippen MR) is 258 cm³/mol. The summed E-state index contributed by atoms with van der Waals surface area (Å²) in [4.78, 5) is 27.7. The fraction of sp³-hybridized carbons (Fsp3) is 0.902. The summed E-state index contributed by atoms with van der Waals surface area (Å²) in [7, 11) is -3.47. The van der Waals surface area contributed by atoms with Crippen molar-refractivity contribution in [2.45, 2.75) is 258 Å². The first-order valence-electron chi connectivity index (χ1n) is 26.2. The molecule has 0 unspecified atom stereocenters. The van der Waals surface area contributed by atoms with Gasteiger partial charge in [0.25, 0.3) is 0 Å². The van der Waals surface area contributed by atoms with Crippen LogP contribution in [0.2, 0.25) is 0 Å². The third-order valence-electron chi connectivity index (χ3n) is 12.3. The summed E-state index contributed by atoms with van der Waals surface area (Å²) in [5.74, 6) is 0.429. The van der Waals surface area contributed by atoms with Gasteiger partial charge in [0.2, 0.25) is 10.0 Å². The van der Waals surface area contributed by atoms with Crippen molar-refractivity contribution < 1.29 is 32.0 Å². The minimum Gasteiger partial charge on any atom is -0.466 e. The van der Waals surface area contributed by atoms with E-state index in [0.717, 1.165) is 122 Å². The predicted octanol–water partition coefficient (Wildman–Crippen LogP) is 13.8. The van der Waals surface area contributed by atoms with Crippen molar-refractivity contribution in [1.29, 1.82) is 0 Å². The lowest BCUT2D eigenvalue weighted by Gasteiger charge is -2.22. The smallest absolute Gasteiger partial charge is 0.306 e. The molecule has 1 rings (SSSR count). The Morgan fingerprint density at radius 2 is 1.08 bits per heavy atom. The van der Waals surface area contributed by atoms with Gasteiger partial charge < -0.3 is 18.9 Å². The molecule has 1 heterocycles. The number of aromatic nitrogens is 1. The van der Waals surface area contributed by atoms with Crippen molar-refractivity contribution in [1.82, 2.24) is 14.8 Å². The number of carbonyl (C=O) groups excluding carboxylic acids is 2. The Bertz CT molecular complexity index is 1220. The molecule has 0 spiro atoms. The Kier molecular flexibility index (Phi) is 39.0. The summed E-state index contributed by atoms with van der Waals surface area (Å²) >= 11 is 0. The molecule has 0 aliphatic carbocycles. The normalized spacial score (nSPS) is 12.0. The number of hydrogen-bond acceptors (Lipinski definition) is 9. The van der Waals surface area contributed by atoms with Crippen LogP contribution in [0.25, 0.3) is 0 Å². The molecule has 11 heteroatoms. The highest BCUT2D eigenvalue weighted by atomic mass is 32.2. The van der Waals surface area contributed by atoms with Crippen molar-refractivity contribution in [2.75, 3.05) is 32.8 Å². The van der Waals surface area contributed by atoms with Gasteiger partial charge in [0.15, 0.2) is 0 Å². The molecule has 1 aromatic rings. The summed E-state index contributed by atoms with van der Waals surface area (Å²) in [5.41, 5.74) is 0.401. The molecule has 10 nitrogen and oxygen atoms in total. The highest BCUT2D eigenvalue weighted by Gasteiger charge is 2.16. The zero-order valence-corrected chi connectivity index (χ0v) is 41.6. The Balaban J connectivity index is 2.42. The average Bonchev–Trinajstić information content (AvgIpc) is 3.76. The zero-order valence-electron chi connectivity index (χ0n) is 40.8. The standard InChI is InChI=1S/C51H97N3O7S/c1-5-9-13-15-19-25-34-49(35-26-20-16-14-10-6-2)61-51(56)37-28-22-18-24-30-42-54(43-31-40-52-62(57,58)46-48-39-45-60-53-48)41-29-23-17-21-27-36-50(55)59-44-38-47(32-11-7-3)33-12-8-4/h39,45,47,49,52H,5-38,40-44,46H2,1-4H3. The van der Waals surface area contributed by atoms with E-state index in [2.05, 4.69) is 42.5 Å². The lowest BCUT2D eigenvalue weighted by atomic mass is 9.93. The van der Waals surface area contributed by atoms with E-state index in [1.807, 2.05) is 0 Å². The molecular weight excluding hydrogens is 799 g/mol. The fourth-order valence-corrected chi connectivity index (χ4v) is 9.43. The van der Waals surface area contributed by atoms with Crippen LogP contribution in [-0.4, -0.2) is 69.3 Å². The summed E-state index contributed by atoms with van der Waals surface area (Å²) < 4.78 is 44.2. The van der Waals surface area contributed by atoms with Crippen LogP contribution >= 0.6 is 0 Å². The second-order valence-corrected chi connectivity index (χ2v) is 20.1. The summed E-state index contributed by atoms with van der Waals surface area (Å²) in [5, 5.41) is 3.73. The Hall–Kier alpha value is -1.98. The molecule has 0 amide bonds. The van der Waals surface area contributed by atoms with Gasteiger partial charge in [-0.05, 0) is 89.8 Å². The van der Waals surface area contributed by atoms with Crippen LogP contribution in [0.5, 0.6) is 0 Å². The van der Waals surface area contributed by atoms with E-state index in [4.69, 9.17) is 14.0 Å². The molecule has 0 radical (unpaired) electrons. The highest BCUT2D eigenvalue weighted by molar-refractivity contribution is 7.88. The molecule has 1 N–H and O–H groups in total. The zero-order chi connectivity index (χ0) is 45.2. The minimum absolute atomic E-state index is 0.0150. The van der Waals surface area contributed by atoms with Gasteiger partial charge in [-0.3, -0.25) is 9.59 Å². The Labute approximate surface area is 382 Å². The van der Waals surface area contributed by atoms with Gasteiger partial charge in [-0.1, -0.05) is 174 Å². The number of carbonyl (C=O) groups is 2. The van der Waals surface area contributed by atoms with Gasteiger partial charge in [0, 0.05) is 25.5 Å². The third kappa shape index (κ3) is 36.4. The highest BCUT2D eigenvalue weighted by Crippen LogP contribution is 2.21. The molecule has 1 aromatic heterocycles. The molecule has 62 heavy (non-hydrogen) atoms. The van der Waals surface area contributed by atoms with Crippen molar-refractivity contribution in [2.24, 2.45) is 5.92 Å². The van der Waals surface area contributed by atoms with Crippen LogP contribution in [0.3, 0.4) is 0 Å². The van der Waals surface area contributed by atoms with Gasteiger partial charge in [-0.2, -0.15) is 0 Å². The van der Waals surface area contributed by atoms with Crippen LogP contribution in [0, 0.1) is 5.92 Å². The Morgan fingerprint density at radius 3 is 1.61 bits per heavy atom. The quantitative estimate of drug-likeness (QED) is 0.0502. The average molecular weight is 896 g/mol. The summed E-state index contributed by atoms with van der Waals surface area (Å²) in [6.07, 6.45) is 39.2. The largest absolute Gasteiger partial charge is 0.466 e. The second-order valence-electron chi connectivity index (χ2n) is 18.3. The molecule has 364 valence electrons. The van der Waals surface area contributed by atoms with Gasteiger partial charge >= 0.3 is 11.9 Å². The first-order valence-corrected chi connectivity index (χ1v) is 27.8. The maximum atomic E-state index is 12.9. The van der Waals surface area contributed by atoms with Crippen LogP contribution in [0.4, 0.5) is 0 Å². The molecule has 0 bridgehead atoms. The van der Waals surface area contributed by atoms with Gasteiger partial charge in [-0.15, -0.1) is 0 Å². The van der Waals surface area contributed by atoms with Gasteiger partial charge in [-0.25, -0.2) is 13.1 Å². The lowest BCUT2D eigenvalue weighted by molar-refractivity contribution is -0.150. The Morgan fingerprint density at radius 1 is 0.597 bits per heavy atom. The number of hydrogen-bond donors (Lipinski definition) is 1. The lowest BCUT2D eigenvalue weighted by Crippen LogP contribution is -2.32. The topological polar surface area (TPSA) is 128 Å². The first kappa shape index (κ1) is 58.0. The van der Waals surface area contributed by atoms with E-state index in [1.165, 1.54) is 109 Å². The number of rotatable bonds is 47. The maximum Gasteiger partial charge on any atom is 0.306 e. The number of nitrogens with zero attached hydrogens (tertiary/aromatic N) is 2. The molecule has 0 fully saturated rings. The first-order chi connectivity index (χ1) is 30.2. The molecule has 0 saturated heterocycles. The van der Waals surface area contributed by atoms with Crippen molar-refractivity contribution in [3.8, 4) is 0 Å². The van der Waals surface area contributed by atoms with E-state index in [9.17, 15) is 18.0 Å². The van der Waals surface area contributed by atoms with Crippen molar-refractivity contribution >= 4 is 22.0 Å². The fourth-order valence-electron chi connectivity index (χ4n) is 8.34. The van der Waals surface area contributed by atoms with Crippen LogP contribution in [0.1, 0.15) is 252 Å². The SMILES string of the molecule is CCCCCCCCC(CCCCCCCC)OC(=O)CCCCCCCN(CCCCCCCC(=O)OCCC(CCCC)CCCC)CCCNS(=O)(=O)Cc1ccon1. The van der Waals surface area contributed by atoms with Crippen LogP contribution in [0.15, 0.2) is 16.9 Å². The minimum atomic E-state index is -3.47. The number of ether oxygens (including phenoxy) is 2. The number of esters is 2. The van der Waals surface area contributed by atoms with Crippen LogP contribution < -0.4 is 4.72 Å². The van der Waals surface area contributed by atoms with E-state index < -0.39 is 10.0 Å². The maximum absolute atomic E-state index is 12.9. The number of sulfonamides is 1. The summed E-state index contributed by atoms with van der Waals surface area (Å²) in [6.45, 7) is 12.7. The third-order valence-corrected chi connectivity index (χ3v) is 13.6. The van der Waals surface area contributed by atoms with Gasteiger partial charge in [0.05, 0.1) is 12.3 Å². The summed E-state index contributed by atoms with van der Waals surface area (Å²) in [6, 6.07) is 1.57. The second kappa shape index (κ2) is 41.7. The molecule has 0 aromatic carbocycles. The van der Waals surface area contributed by atoms with E-state index in [1.54, 1.807) is 6.07 Å². The molecule has 0 aliphatic heterocycles. The van der Waals surface area contributed by atoms with Gasteiger partial charge in [0.1, 0.15) is 18.1 Å². The molecule has 0 saturated carbocycles. The monoisotopic (exact) mass is 896 g/mol. The van der Waals surface area contributed by atoms with Crippen LogP contribution in [-0.2, 0) is 34.8 Å². The number of nitrogens with one attached hydrogen (secondary N) is 1. The van der Waals surface area contributed by atoms with E-state index >= 15 is 0 Å². The van der Waals surface area contributed by atoms with E-state index in [0.29, 0.717) is 37.6 Å².